The van der Waals surface area contributed by atoms with Crippen LogP contribution in [-0.4, -0.2) is 41.2 Å². The van der Waals surface area contributed by atoms with Crippen LogP contribution in [0.2, 0.25) is 0 Å². The number of benzene rings is 1. The Balaban J connectivity index is 1.35. The molecule has 0 aliphatic carbocycles. The molecular formula is C23H25N3O5S. The number of aryl methyl sites for hydroxylation is 2. The second-order valence-electron chi connectivity index (χ2n) is 7.62. The van der Waals surface area contributed by atoms with Gasteiger partial charge in [-0.3, -0.25) is 14.2 Å². The Kier molecular flexibility index (Phi) is 6.84. The Morgan fingerprint density at radius 3 is 2.81 bits per heavy atom. The standard InChI is InChI=1S/C23H25N3O5S/c1-15-19-21(25-17-10-6-3-7-12-26(17)22(19)28)32-20(15)23(29)31-14-18(27)24-11-13-30-16-8-4-2-5-9-16/h2,4-5,8-9H,3,6-7,10-14H2,1H3,(H,24,27). The molecule has 0 fully saturated rings. The van der Waals surface area contributed by atoms with Crippen LogP contribution in [-0.2, 0) is 22.5 Å². The number of thiophene rings is 1. The monoisotopic (exact) mass is 455 g/mol. The van der Waals surface area contributed by atoms with Crippen LogP contribution in [0.4, 0.5) is 0 Å². The van der Waals surface area contributed by atoms with Crippen molar-refractivity contribution in [3.63, 3.8) is 0 Å². The highest BCUT2D eigenvalue weighted by Crippen LogP contribution is 2.29. The van der Waals surface area contributed by atoms with Crippen molar-refractivity contribution in [1.29, 1.82) is 0 Å². The molecule has 0 saturated heterocycles. The highest BCUT2D eigenvalue weighted by Gasteiger charge is 2.23. The molecule has 4 rings (SSSR count). The molecule has 1 aliphatic heterocycles. The molecule has 0 spiro atoms. The number of aromatic nitrogens is 2. The van der Waals surface area contributed by atoms with Gasteiger partial charge in [-0.2, -0.15) is 0 Å². The summed E-state index contributed by atoms with van der Waals surface area (Å²) in [6.45, 7) is 2.57. The normalized spacial score (nSPS) is 13.3. The Bertz CT molecular complexity index is 1190. The number of carbonyl (C=O) groups is 2. The van der Waals surface area contributed by atoms with E-state index in [2.05, 4.69) is 10.3 Å². The van der Waals surface area contributed by atoms with E-state index < -0.39 is 18.5 Å². The first-order valence-electron chi connectivity index (χ1n) is 10.7. The minimum atomic E-state index is -0.624. The Morgan fingerprint density at radius 1 is 1.19 bits per heavy atom. The SMILES string of the molecule is Cc1c(C(=O)OCC(=O)NCCOc2ccccc2)sc2nc3n(c(=O)c12)CCCCC3. The third-order valence-electron chi connectivity index (χ3n) is 5.37. The number of fused-ring (bicyclic) bond motifs is 2. The Labute approximate surface area is 189 Å². The molecule has 8 nitrogen and oxygen atoms in total. The van der Waals surface area contributed by atoms with E-state index >= 15 is 0 Å². The zero-order valence-electron chi connectivity index (χ0n) is 17.9. The van der Waals surface area contributed by atoms with Crippen LogP contribution in [0.25, 0.3) is 10.2 Å². The molecule has 0 atom stereocenters. The van der Waals surface area contributed by atoms with Gasteiger partial charge in [0.25, 0.3) is 11.5 Å². The average molecular weight is 456 g/mol. The summed E-state index contributed by atoms with van der Waals surface area (Å²) in [6, 6.07) is 9.28. The molecule has 2 aromatic heterocycles. The van der Waals surface area contributed by atoms with Crippen molar-refractivity contribution >= 4 is 33.4 Å². The van der Waals surface area contributed by atoms with E-state index in [1.165, 1.54) is 0 Å². The van der Waals surface area contributed by atoms with Gasteiger partial charge in [0.05, 0.1) is 11.9 Å². The van der Waals surface area contributed by atoms with Gasteiger partial charge in [-0.1, -0.05) is 24.6 Å². The van der Waals surface area contributed by atoms with Gasteiger partial charge in [-0.25, -0.2) is 9.78 Å². The fourth-order valence-electron chi connectivity index (χ4n) is 3.73. The van der Waals surface area contributed by atoms with E-state index in [1.54, 1.807) is 11.5 Å². The van der Waals surface area contributed by atoms with Crippen LogP contribution < -0.4 is 15.6 Å². The van der Waals surface area contributed by atoms with E-state index in [0.717, 1.165) is 48.6 Å². The van der Waals surface area contributed by atoms with Crippen molar-refractivity contribution in [1.82, 2.24) is 14.9 Å². The van der Waals surface area contributed by atoms with E-state index in [0.29, 0.717) is 40.4 Å². The molecule has 1 aromatic carbocycles. The molecule has 0 saturated carbocycles. The highest BCUT2D eigenvalue weighted by atomic mass is 32.1. The maximum Gasteiger partial charge on any atom is 0.349 e. The average Bonchev–Trinajstić information content (AvgIpc) is 2.96. The van der Waals surface area contributed by atoms with Crippen LogP contribution in [0.1, 0.15) is 40.3 Å². The van der Waals surface area contributed by atoms with Crippen molar-refractivity contribution in [2.24, 2.45) is 0 Å². The van der Waals surface area contributed by atoms with Gasteiger partial charge >= 0.3 is 5.97 Å². The number of nitrogens with one attached hydrogen (secondary N) is 1. The highest BCUT2D eigenvalue weighted by molar-refractivity contribution is 7.20. The lowest BCUT2D eigenvalue weighted by atomic mass is 10.2. The number of hydrogen-bond donors (Lipinski definition) is 1. The zero-order valence-corrected chi connectivity index (χ0v) is 18.7. The largest absolute Gasteiger partial charge is 0.492 e. The Morgan fingerprint density at radius 2 is 2.00 bits per heavy atom. The topological polar surface area (TPSA) is 99.5 Å². The summed E-state index contributed by atoms with van der Waals surface area (Å²) in [4.78, 5) is 43.1. The van der Waals surface area contributed by atoms with Crippen LogP contribution in [0, 0.1) is 6.92 Å². The molecule has 32 heavy (non-hydrogen) atoms. The summed E-state index contributed by atoms with van der Waals surface area (Å²) in [5.74, 6) is 0.452. The molecule has 168 valence electrons. The smallest absolute Gasteiger partial charge is 0.349 e. The summed E-state index contributed by atoms with van der Waals surface area (Å²) in [6.07, 6.45) is 3.79. The minimum absolute atomic E-state index is 0.101. The van der Waals surface area contributed by atoms with Crippen LogP contribution >= 0.6 is 11.3 Å². The van der Waals surface area contributed by atoms with E-state index in [1.807, 2.05) is 30.3 Å². The summed E-state index contributed by atoms with van der Waals surface area (Å²) in [7, 11) is 0. The predicted molar refractivity (Wildman–Crippen MR) is 121 cm³/mol. The maximum atomic E-state index is 13.0. The van der Waals surface area contributed by atoms with Crippen molar-refractivity contribution < 1.29 is 19.1 Å². The van der Waals surface area contributed by atoms with Crippen LogP contribution in [0.5, 0.6) is 5.75 Å². The second kappa shape index (κ2) is 9.95. The van der Waals surface area contributed by atoms with Crippen LogP contribution in [0.15, 0.2) is 35.1 Å². The molecule has 1 amide bonds. The summed E-state index contributed by atoms with van der Waals surface area (Å²) < 4.78 is 12.4. The number of esters is 1. The van der Waals surface area contributed by atoms with Gasteiger partial charge in [0, 0.05) is 13.0 Å². The molecule has 9 heteroatoms. The molecule has 0 radical (unpaired) electrons. The maximum absolute atomic E-state index is 13.0. The minimum Gasteiger partial charge on any atom is -0.492 e. The molecule has 1 aliphatic rings. The van der Waals surface area contributed by atoms with Gasteiger partial charge in [0.1, 0.15) is 27.9 Å². The van der Waals surface area contributed by atoms with Crippen LogP contribution in [0.3, 0.4) is 0 Å². The third kappa shape index (κ3) is 4.83. The molecule has 0 unspecified atom stereocenters. The summed E-state index contributed by atoms with van der Waals surface area (Å²) in [5, 5.41) is 3.12. The van der Waals surface area contributed by atoms with Gasteiger partial charge in [0.15, 0.2) is 6.61 Å². The summed E-state index contributed by atoms with van der Waals surface area (Å²) in [5.41, 5.74) is 0.458. The first-order chi connectivity index (χ1) is 15.5. The number of rotatable bonds is 7. The second-order valence-corrected chi connectivity index (χ2v) is 8.62. The van der Waals surface area contributed by atoms with Gasteiger partial charge in [-0.15, -0.1) is 11.3 Å². The lowest BCUT2D eigenvalue weighted by molar-refractivity contribution is -0.124. The van der Waals surface area contributed by atoms with Crippen molar-refractivity contribution in [3.8, 4) is 5.75 Å². The van der Waals surface area contributed by atoms with Gasteiger partial charge in [-0.05, 0) is 37.5 Å². The third-order valence-corrected chi connectivity index (χ3v) is 6.53. The lowest BCUT2D eigenvalue weighted by Gasteiger charge is -2.08. The molecule has 3 heterocycles. The van der Waals surface area contributed by atoms with Gasteiger partial charge < -0.3 is 14.8 Å². The molecular weight excluding hydrogens is 430 g/mol. The quantitative estimate of drug-likeness (QED) is 0.434. The number of carbonyl (C=O) groups excluding carboxylic acids is 2. The van der Waals surface area contributed by atoms with E-state index in [-0.39, 0.29) is 5.56 Å². The zero-order chi connectivity index (χ0) is 22.5. The molecule has 3 aromatic rings. The first kappa shape index (κ1) is 22.0. The molecule has 0 bridgehead atoms. The van der Waals surface area contributed by atoms with Crippen molar-refractivity contribution in [2.45, 2.75) is 39.2 Å². The number of ether oxygens (including phenoxy) is 2. The number of amides is 1. The molecule has 1 N–H and O–H groups in total. The summed E-state index contributed by atoms with van der Waals surface area (Å²) >= 11 is 1.15. The predicted octanol–water partition coefficient (Wildman–Crippen LogP) is 2.84. The fourth-order valence-corrected chi connectivity index (χ4v) is 4.81. The lowest BCUT2D eigenvalue weighted by Crippen LogP contribution is -2.32. The number of hydrogen-bond acceptors (Lipinski definition) is 7. The van der Waals surface area contributed by atoms with E-state index in [9.17, 15) is 14.4 Å². The fraction of sp³-hybridized carbons (Fsp3) is 0.391. The van der Waals surface area contributed by atoms with Gasteiger partial charge in [0.2, 0.25) is 0 Å². The number of para-hydroxylation sites is 1. The van der Waals surface area contributed by atoms with Crippen molar-refractivity contribution in [2.75, 3.05) is 19.8 Å². The van der Waals surface area contributed by atoms with Crippen molar-refractivity contribution in [3.05, 3.63) is 57.0 Å². The Hall–Kier alpha value is -3.20. The van der Waals surface area contributed by atoms with E-state index in [4.69, 9.17) is 9.47 Å². The first-order valence-corrected chi connectivity index (χ1v) is 11.5. The number of nitrogens with zero attached hydrogens (tertiary/aromatic N) is 2.